The molecule has 0 radical (unpaired) electrons. The van der Waals surface area contributed by atoms with E-state index < -0.39 is 12.3 Å². The van der Waals surface area contributed by atoms with Crippen LogP contribution >= 0.6 is 0 Å². The Bertz CT molecular complexity index is 4040. The van der Waals surface area contributed by atoms with Gasteiger partial charge in [0, 0.05) is 45.5 Å². The molecule has 0 amide bonds. The molecule has 0 spiro atoms. The molecular formula is C74H74BN5O. The number of nitrogens with zero attached hydrogens (tertiary/aromatic N) is 5. The molecule has 0 unspecified atom stereocenters. The van der Waals surface area contributed by atoms with Crippen LogP contribution in [0.5, 0.6) is 5.75 Å². The SMILES string of the molecule is Cc1cccc(C)c1C1=C2C=CC=C3N2B(c2cc(-c4cc(-c5ccccc5)ccn4)cc(C(C)(C)C)c2N3c2ccccc2)c2nc(-c3cc(C(C)(C)C)cc(C(C)(C)C)c3O)n(-c3ccc(C(C)(C)C)cc3-c3ccccc3)c21. The van der Waals surface area contributed by atoms with Gasteiger partial charge in [0.25, 0.3) is 0 Å². The number of aryl methyl sites for hydroxylation is 2. The molecule has 7 heteroatoms. The van der Waals surface area contributed by atoms with Gasteiger partial charge in [0.1, 0.15) is 17.4 Å². The monoisotopic (exact) mass is 1060 g/mol. The zero-order chi connectivity index (χ0) is 57.1. The van der Waals surface area contributed by atoms with Crippen molar-refractivity contribution in [3.63, 3.8) is 0 Å². The first-order chi connectivity index (χ1) is 38.5. The zero-order valence-corrected chi connectivity index (χ0v) is 49.7. The minimum absolute atomic E-state index is 0.143. The molecule has 81 heavy (non-hydrogen) atoms. The fraction of sp³-hybridized carbons (Fsp3) is 0.243. The number of hydrogen-bond donors (Lipinski definition) is 1. The highest BCUT2D eigenvalue weighted by Crippen LogP contribution is 2.51. The summed E-state index contributed by atoms with van der Waals surface area (Å²) in [4.78, 5) is 16.5. The number of fused-ring (bicyclic) bond motifs is 4. The number of para-hydroxylation sites is 1. The average molecular weight is 1060 g/mol. The second-order valence-electron chi connectivity index (χ2n) is 26.6. The van der Waals surface area contributed by atoms with Gasteiger partial charge in [-0.25, -0.2) is 4.98 Å². The van der Waals surface area contributed by atoms with Crippen LogP contribution in [0.1, 0.15) is 128 Å². The van der Waals surface area contributed by atoms with Crippen LogP contribution in [-0.2, 0) is 21.7 Å². The number of phenolic OH excluding ortho intramolecular Hbond substituents is 1. The maximum Gasteiger partial charge on any atom is 0.354 e. The topological polar surface area (TPSA) is 57.4 Å². The minimum Gasteiger partial charge on any atom is -0.507 e. The van der Waals surface area contributed by atoms with E-state index in [4.69, 9.17) is 9.97 Å². The van der Waals surface area contributed by atoms with E-state index in [2.05, 4.69) is 293 Å². The van der Waals surface area contributed by atoms with E-state index in [1.807, 2.05) is 6.20 Å². The van der Waals surface area contributed by atoms with E-state index in [-0.39, 0.29) is 22.0 Å². The Balaban J connectivity index is 1.30. The minimum atomic E-state index is -0.448. The van der Waals surface area contributed by atoms with Crippen molar-refractivity contribution in [1.82, 2.24) is 19.3 Å². The summed E-state index contributed by atoms with van der Waals surface area (Å²) in [6.07, 6.45) is 8.80. The van der Waals surface area contributed by atoms with Crippen LogP contribution in [0, 0.1) is 13.8 Å². The number of pyridine rings is 1. The molecule has 6 nitrogen and oxygen atoms in total. The van der Waals surface area contributed by atoms with Crippen molar-refractivity contribution in [1.29, 1.82) is 0 Å². The first-order valence-corrected chi connectivity index (χ1v) is 28.7. The summed E-state index contributed by atoms with van der Waals surface area (Å²) in [5.74, 6) is 1.97. The number of allylic oxidation sites excluding steroid dienone is 3. The zero-order valence-electron chi connectivity index (χ0n) is 49.7. The number of rotatable bonds is 7. The van der Waals surface area contributed by atoms with E-state index in [0.717, 1.165) is 101 Å². The Hall–Kier alpha value is -8.42. The summed E-state index contributed by atoms with van der Waals surface area (Å²) in [6, 6.07) is 59.5. The molecule has 0 aliphatic carbocycles. The van der Waals surface area contributed by atoms with E-state index >= 15 is 0 Å². The van der Waals surface area contributed by atoms with Crippen molar-refractivity contribution in [3.8, 4) is 56.3 Å². The van der Waals surface area contributed by atoms with Gasteiger partial charge in [0.2, 0.25) is 0 Å². The van der Waals surface area contributed by atoms with Gasteiger partial charge < -0.3 is 9.92 Å². The fourth-order valence-corrected chi connectivity index (χ4v) is 12.5. The average Bonchev–Trinajstić information content (AvgIpc) is 2.09. The lowest BCUT2D eigenvalue weighted by Gasteiger charge is -2.50. The standard InChI is InChI=1S/C74H74BN5O/c1-46-26-24-27-47(2)64(46)65-62-34-25-35-63-78(54-32-22-17-23-33-54)66-57(73(9,10)11)40-51(60-42-50(38-39-76-60)48-28-18-15-19-29-48)41-59(66)75(80(62)63)69-67(65)79(61-37-36-52(71(3,4)5)43-55(61)49-30-20-16-21-31-49)70(77-69)56-44-53(72(6,7)8)45-58(68(56)81)74(12,13)14/h15-45,81H,1-14H3. The molecular weight excluding hydrogens is 986 g/mol. The number of anilines is 2. The number of hydrogen-bond acceptors (Lipinski definition) is 5. The number of aromatic hydroxyl groups is 1. The highest BCUT2D eigenvalue weighted by molar-refractivity contribution is 6.86. The second-order valence-corrected chi connectivity index (χ2v) is 26.6. The molecule has 5 heterocycles. The third kappa shape index (κ3) is 9.15. The van der Waals surface area contributed by atoms with Crippen molar-refractivity contribution in [2.45, 2.75) is 119 Å². The summed E-state index contributed by atoms with van der Waals surface area (Å²) in [6.45, 7) is 31.3. The Morgan fingerprint density at radius 2 is 1.15 bits per heavy atom. The quantitative estimate of drug-likeness (QED) is 0.161. The molecule has 0 fully saturated rings. The smallest absolute Gasteiger partial charge is 0.354 e. The Kier molecular flexibility index (Phi) is 12.8. The molecule has 0 bridgehead atoms. The molecule has 3 aliphatic rings. The highest BCUT2D eigenvalue weighted by atomic mass is 16.3. The van der Waals surface area contributed by atoms with E-state index in [0.29, 0.717) is 11.4 Å². The third-order valence-corrected chi connectivity index (χ3v) is 16.7. The van der Waals surface area contributed by atoms with Gasteiger partial charge >= 0.3 is 6.85 Å². The van der Waals surface area contributed by atoms with Crippen molar-refractivity contribution in [3.05, 3.63) is 244 Å². The van der Waals surface area contributed by atoms with Gasteiger partial charge in [-0.15, -0.1) is 0 Å². The molecule has 0 saturated carbocycles. The summed E-state index contributed by atoms with van der Waals surface area (Å²) in [5, 5.41) is 13.3. The van der Waals surface area contributed by atoms with E-state index in [1.54, 1.807) is 0 Å². The number of benzene rings is 7. The summed E-state index contributed by atoms with van der Waals surface area (Å²) in [7, 11) is 0. The predicted octanol–water partition coefficient (Wildman–Crippen LogP) is 17.2. The molecule has 9 aromatic rings. The molecule has 0 saturated heterocycles. The van der Waals surface area contributed by atoms with Crippen molar-refractivity contribution in [2.24, 2.45) is 0 Å². The molecule has 2 aromatic heterocycles. The first-order valence-electron chi connectivity index (χ1n) is 28.7. The Morgan fingerprint density at radius 1 is 0.531 bits per heavy atom. The predicted molar refractivity (Wildman–Crippen MR) is 341 cm³/mol. The lowest BCUT2D eigenvalue weighted by Crippen LogP contribution is -2.65. The maximum absolute atomic E-state index is 13.3. The van der Waals surface area contributed by atoms with E-state index in [9.17, 15) is 5.11 Å². The van der Waals surface area contributed by atoms with Crippen molar-refractivity contribution < 1.29 is 5.11 Å². The maximum atomic E-state index is 13.3. The van der Waals surface area contributed by atoms with Gasteiger partial charge in [-0.05, 0) is 152 Å². The van der Waals surface area contributed by atoms with Crippen LogP contribution in [0.2, 0.25) is 0 Å². The molecule has 1 N–H and O–H groups in total. The van der Waals surface area contributed by atoms with Gasteiger partial charge in [-0.1, -0.05) is 204 Å². The number of imidazole rings is 1. The molecule has 404 valence electrons. The van der Waals surface area contributed by atoms with Gasteiger partial charge in [0.15, 0.2) is 0 Å². The lowest BCUT2D eigenvalue weighted by molar-refractivity contribution is 0.446. The van der Waals surface area contributed by atoms with Crippen LogP contribution < -0.4 is 16.0 Å². The van der Waals surface area contributed by atoms with Crippen molar-refractivity contribution in [2.75, 3.05) is 4.90 Å². The Labute approximate surface area is 481 Å². The van der Waals surface area contributed by atoms with Gasteiger partial charge in [-0.2, -0.15) is 0 Å². The van der Waals surface area contributed by atoms with Crippen molar-refractivity contribution >= 4 is 34.9 Å². The van der Waals surface area contributed by atoms with Crippen LogP contribution in [0.15, 0.2) is 200 Å². The summed E-state index contributed by atoms with van der Waals surface area (Å²) in [5.41, 5.74) is 22.2. The van der Waals surface area contributed by atoms with Crippen LogP contribution in [0.3, 0.4) is 0 Å². The van der Waals surface area contributed by atoms with Gasteiger partial charge in [-0.3, -0.25) is 14.5 Å². The van der Waals surface area contributed by atoms with Crippen LogP contribution in [0.25, 0.3) is 56.2 Å². The van der Waals surface area contributed by atoms with Crippen LogP contribution in [-0.4, -0.2) is 31.3 Å². The molecule has 0 atom stereocenters. The van der Waals surface area contributed by atoms with E-state index in [1.165, 1.54) is 22.3 Å². The summed E-state index contributed by atoms with van der Waals surface area (Å²) < 4.78 is 2.44. The largest absolute Gasteiger partial charge is 0.507 e. The third-order valence-electron chi connectivity index (χ3n) is 16.7. The van der Waals surface area contributed by atoms with Gasteiger partial charge in [0.05, 0.1) is 28.2 Å². The molecule has 12 rings (SSSR count). The summed E-state index contributed by atoms with van der Waals surface area (Å²) >= 11 is 0. The normalized spacial score (nSPS) is 14.2. The Morgan fingerprint density at radius 3 is 1.78 bits per heavy atom. The first kappa shape index (κ1) is 53.2. The number of aromatic nitrogens is 3. The molecule has 3 aliphatic heterocycles. The second kappa shape index (κ2) is 19.4. The lowest BCUT2D eigenvalue weighted by atomic mass is 9.46. The highest BCUT2D eigenvalue weighted by Gasteiger charge is 2.51. The number of phenols is 1. The molecule has 7 aromatic carbocycles. The van der Waals surface area contributed by atoms with Crippen LogP contribution in [0.4, 0.5) is 11.4 Å². The fourth-order valence-electron chi connectivity index (χ4n) is 12.5.